The molecule has 1 aliphatic rings. The highest BCUT2D eigenvalue weighted by molar-refractivity contribution is 6.04. The summed E-state index contributed by atoms with van der Waals surface area (Å²) in [7, 11) is 0. The van der Waals surface area contributed by atoms with Crippen LogP contribution >= 0.6 is 0 Å². The average molecular weight is 278 g/mol. The first-order valence-electron chi connectivity index (χ1n) is 6.03. The lowest BCUT2D eigenvalue weighted by molar-refractivity contribution is -0.132. The molecule has 1 saturated heterocycles. The van der Waals surface area contributed by atoms with E-state index in [0.29, 0.717) is 6.42 Å². The van der Waals surface area contributed by atoms with E-state index in [9.17, 15) is 14.4 Å². The van der Waals surface area contributed by atoms with Crippen LogP contribution in [0.1, 0.15) is 23.7 Å². The number of carbonyl (C=O) groups is 3. The maximum Gasteiger partial charge on any atom is 0.337 e. The molecule has 0 spiro atoms. The molecule has 8 heteroatoms. The molecule has 0 bridgehead atoms. The van der Waals surface area contributed by atoms with Gasteiger partial charge in [-0.05, 0) is 12.5 Å². The van der Waals surface area contributed by atoms with Gasteiger partial charge in [0.05, 0.1) is 24.0 Å². The minimum absolute atomic E-state index is 0.0297. The lowest BCUT2D eigenvalue weighted by Crippen LogP contribution is -2.58. The number of nitrogens with one attached hydrogen (secondary N) is 1. The molecule has 0 saturated carbocycles. The van der Waals surface area contributed by atoms with Crippen molar-refractivity contribution in [1.82, 2.24) is 10.3 Å². The number of piperazine rings is 1. The van der Waals surface area contributed by atoms with E-state index in [2.05, 4.69) is 10.3 Å². The summed E-state index contributed by atoms with van der Waals surface area (Å²) in [6.07, 6.45) is 1.68. The number of carbonyl (C=O) groups excluding carboxylic acids is 2. The van der Waals surface area contributed by atoms with Crippen molar-refractivity contribution in [3.05, 3.63) is 17.8 Å². The number of nitrogen functional groups attached to an aromatic ring is 1. The van der Waals surface area contributed by atoms with Gasteiger partial charge in [-0.25, -0.2) is 9.78 Å². The Labute approximate surface area is 114 Å². The van der Waals surface area contributed by atoms with E-state index in [1.165, 1.54) is 17.2 Å². The van der Waals surface area contributed by atoms with Crippen LogP contribution in [-0.4, -0.2) is 40.5 Å². The number of amides is 2. The Balaban J connectivity index is 2.42. The van der Waals surface area contributed by atoms with Crippen LogP contribution in [0.3, 0.4) is 0 Å². The molecule has 1 atom stereocenters. The molecule has 1 aromatic heterocycles. The van der Waals surface area contributed by atoms with Gasteiger partial charge >= 0.3 is 5.97 Å². The number of carboxylic acid groups (broad SMARTS) is 1. The van der Waals surface area contributed by atoms with Crippen LogP contribution in [0.4, 0.5) is 11.5 Å². The summed E-state index contributed by atoms with van der Waals surface area (Å²) in [5.74, 6) is -1.81. The molecule has 1 aromatic rings. The zero-order chi connectivity index (χ0) is 14.9. The third-order valence-corrected chi connectivity index (χ3v) is 3.09. The normalized spacial score (nSPS) is 18.9. The summed E-state index contributed by atoms with van der Waals surface area (Å²) in [5, 5.41) is 11.3. The van der Waals surface area contributed by atoms with Crippen LogP contribution in [0.5, 0.6) is 0 Å². The van der Waals surface area contributed by atoms with Crippen LogP contribution < -0.4 is 16.0 Å². The summed E-state index contributed by atoms with van der Waals surface area (Å²) in [6, 6.07) is 0.706. The molecule has 1 unspecified atom stereocenters. The number of nitrogens with zero attached hydrogens (tertiary/aromatic N) is 2. The van der Waals surface area contributed by atoms with Crippen molar-refractivity contribution < 1.29 is 19.5 Å². The molecule has 106 valence electrons. The zero-order valence-corrected chi connectivity index (χ0v) is 10.8. The molecule has 0 aliphatic carbocycles. The number of rotatable bonds is 3. The summed E-state index contributed by atoms with van der Waals surface area (Å²) in [6.45, 7) is 1.74. The highest BCUT2D eigenvalue weighted by Crippen LogP contribution is 2.22. The summed E-state index contributed by atoms with van der Waals surface area (Å²) >= 11 is 0. The molecule has 20 heavy (non-hydrogen) atoms. The van der Waals surface area contributed by atoms with Crippen molar-refractivity contribution in [2.24, 2.45) is 0 Å². The Hall–Kier alpha value is -2.64. The summed E-state index contributed by atoms with van der Waals surface area (Å²) in [4.78, 5) is 39.8. The maximum atomic E-state index is 11.8. The predicted molar refractivity (Wildman–Crippen MR) is 70.2 cm³/mol. The molecule has 1 aliphatic heterocycles. The van der Waals surface area contributed by atoms with E-state index < -0.39 is 23.8 Å². The maximum absolute atomic E-state index is 11.8. The SMILES string of the molecule is CCC1C(=O)NC(=O)CN1c1cc(C(=O)O)c(N)cn1. The molecule has 8 nitrogen and oxygen atoms in total. The number of imide groups is 1. The van der Waals surface area contributed by atoms with Crippen molar-refractivity contribution in [1.29, 1.82) is 0 Å². The minimum atomic E-state index is -1.19. The number of carboxylic acids is 1. The van der Waals surface area contributed by atoms with Crippen LogP contribution in [0, 0.1) is 0 Å². The smallest absolute Gasteiger partial charge is 0.337 e. The van der Waals surface area contributed by atoms with Crippen LogP contribution in [0.25, 0.3) is 0 Å². The summed E-state index contributed by atoms with van der Waals surface area (Å²) < 4.78 is 0. The first kappa shape index (κ1) is 13.8. The van der Waals surface area contributed by atoms with E-state index in [1.807, 2.05) is 0 Å². The zero-order valence-electron chi connectivity index (χ0n) is 10.8. The number of nitrogens with two attached hydrogens (primary N) is 1. The molecule has 0 aromatic carbocycles. The molecule has 2 heterocycles. The van der Waals surface area contributed by atoms with Crippen LogP contribution in [0.15, 0.2) is 12.3 Å². The van der Waals surface area contributed by atoms with Gasteiger partial charge in [0.2, 0.25) is 11.8 Å². The van der Waals surface area contributed by atoms with Crippen molar-refractivity contribution in [2.75, 3.05) is 17.2 Å². The quantitative estimate of drug-likeness (QED) is 0.642. The fraction of sp³-hybridized carbons (Fsp3) is 0.333. The van der Waals surface area contributed by atoms with E-state index >= 15 is 0 Å². The molecular formula is C12H14N4O4. The van der Waals surface area contributed by atoms with Crippen molar-refractivity contribution in [3.63, 3.8) is 0 Å². The number of aromatic nitrogens is 1. The molecule has 4 N–H and O–H groups in total. The van der Waals surface area contributed by atoms with Gasteiger partial charge in [-0.15, -0.1) is 0 Å². The van der Waals surface area contributed by atoms with E-state index in [0.717, 1.165) is 0 Å². The van der Waals surface area contributed by atoms with Gasteiger partial charge in [-0.2, -0.15) is 0 Å². The lowest BCUT2D eigenvalue weighted by atomic mass is 10.1. The number of pyridine rings is 1. The number of anilines is 2. The highest BCUT2D eigenvalue weighted by atomic mass is 16.4. The lowest BCUT2D eigenvalue weighted by Gasteiger charge is -2.34. The first-order chi connectivity index (χ1) is 9.43. The van der Waals surface area contributed by atoms with Crippen molar-refractivity contribution in [3.8, 4) is 0 Å². The largest absolute Gasteiger partial charge is 0.478 e. The van der Waals surface area contributed by atoms with E-state index in [1.54, 1.807) is 6.92 Å². The second-order valence-corrected chi connectivity index (χ2v) is 4.40. The second-order valence-electron chi connectivity index (χ2n) is 4.40. The van der Waals surface area contributed by atoms with Gasteiger partial charge in [-0.1, -0.05) is 6.92 Å². The fourth-order valence-corrected chi connectivity index (χ4v) is 2.11. The Kier molecular flexibility index (Phi) is 3.55. The topological polar surface area (TPSA) is 126 Å². The van der Waals surface area contributed by atoms with E-state index in [-0.39, 0.29) is 23.6 Å². The summed E-state index contributed by atoms with van der Waals surface area (Å²) in [5.41, 5.74) is 5.46. The third kappa shape index (κ3) is 2.40. The van der Waals surface area contributed by atoms with Gasteiger partial charge in [-0.3, -0.25) is 14.9 Å². The van der Waals surface area contributed by atoms with Gasteiger partial charge in [0, 0.05) is 0 Å². The average Bonchev–Trinajstić information content (AvgIpc) is 2.38. The number of hydrogen-bond acceptors (Lipinski definition) is 6. The van der Waals surface area contributed by atoms with Crippen molar-refractivity contribution >= 4 is 29.3 Å². The Morgan fingerprint density at radius 2 is 2.30 bits per heavy atom. The van der Waals surface area contributed by atoms with Gasteiger partial charge in [0.15, 0.2) is 0 Å². The Morgan fingerprint density at radius 1 is 1.60 bits per heavy atom. The first-order valence-corrected chi connectivity index (χ1v) is 6.03. The highest BCUT2D eigenvalue weighted by Gasteiger charge is 2.33. The molecule has 2 rings (SSSR count). The molecule has 1 fully saturated rings. The minimum Gasteiger partial charge on any atom is -0.478 e. The van der Waals surface area contributed by atoms with Gasteiger partial charge < -0.3 is 15.7 Å². The fourth-order valence-electron chi connectivity index (χ4n) is 2.11. The molecule has 2 amide bonds. The van der Waals surface area contributed by atoms with Gasteiger partial charge in [0.1, 0.15) is 11.9 Å². The number of hydrogen-bond donors (Lipinski definition) is 3. The van der Waals surface area contributed by atoms with Gasteiger partial charge in [0.25, 0.3) is 0 Å². The second kappa shape index (κ2) is 5.16. The number of aromatic carboxylic acids is 1. The van der Waals surface area contributed by atoms with Crippen LogP contribution in [-0.2, 0) is 9.59 Å². The molecular weight excluding hydrogens is 264 g/mol. The Bertz CT molecular complexity index is 587. The van der Waals surface area contributed by atoms with Crippen molar-refractivity contribution in [2.45, 2.75) is 19.4 Å². The predicted octanol–water partition coefficient (Wildman–Crippen LogP) is -0.397. The van der Waals surface area contributed by atoms with E-state index in [4.69, 9.17) is 10.8 Å². The standard InChI is InChI=1S/C12H14N4O4/c1-2-8-11(18)15-10(17)5-16(8)9-3-6(12(19)20)7(13)4-14-9/h3-4,8H,2,5,13H2,1H3,(H,19,20)(H,15,17,18). The molecule has 0 radical (unpaired) electrons. The Morgan fingerprint density at radius 3 is 2.90 bits per heavy atom. The van der Waals surface area contributed by atoms with Crippen LogP contribution in [0.2, 0.25) is 0 Å². The third-order valence-electron chi connectivity index (χ3n) is 3.09. The monoisotopic (exact) mass is 278 g/mol.